The minimum Gasteiger partial charge on any atom is -0.497 e. The average molecular weight is 426 g/mol. The van der Waals surface area contributed by atoms with Gasteiger partial charge in [-0.2, -0.15) is 5.26 Å². The Morgan fingerprint density at radius 3 is 2.59 bits per heavy atom. The van der Waals surface area contributed by atoms with Crippen LogP contribution in [0.25, 0.3) is 33.7 Å². The Balaban J connectivity index is 1.49. The summed E-state index contributed by atoms with van der Waals surface area (Å²) in [7, 11) is 1.64. The third-order valence-corrected chi connectivity index (χ3v) is 5.60. The molecule has 0 bridgehead atoms. The van der Waals surface area contributed by atoms with Crippen LogP contribution in [0.2, 0.25) is 0 Å². The maximum atomic E-state index is 9.72. The van der Waals surface area contributed by atoms with Crippen LogP contribution in [0, 0.1) is 11.3 Å². The highest BCUT2D eigenvalue weighted by atomic mass is 16.5. The molecule has 5 rings (SSSR count). The zero-order chi connectivity index (χ0) is 21.9. The maximum absolute atomic E-state index is 9.72. The minimum absolute atomic E-state index is 0.0710. The lowest BCUT2D eigenvalue weighted by atomic mass is 10.1. The van der Waals surface area contributed by atoms with Gasteiger partial charge in [0.15, 0.2) is 0 Å². The normalized spacial score (nSPS) is 14.2. The average Bonchev–Trinajstić information content (AvgIpc) is 3.29. The van der Waals surface area contributed by atoms with Gasteiger partial charge in [-0.1, -0.05) is 0 Å². The number of hydrogen-bond acceptors (Lipinski definition) is 6. The first-order valence-corrected chi connectivity index (χ1v) is 10.5. The summed E-state index contributed by atoms with van der Waals surface area (Å²) in [4.78, 5) is 12.7. The molecule has 0 atom stereocenters. The Hall–Kier alpha value is -3.89. The van der Waals surface area contributed by atoms with E-state index in [9.17, 15) is 5.26 Å². The van der Waals surface area contributed by atoms with Crippen LogP contribution in [0.4, 0.5) is 0 Å². The van der Waals surface area contributed by atoms with Crippen molar-refractivity contribution in [2.24, 2.45) is 0 Å². The second kappa shape index (κ2) is 8.69. The summed E-state index contributed by atoms with van der Waals surface area (Å²) in [6.07, 6.45) is 3.47. The van der Waals surface area contributed by atoms with Crippen molar-refractivity contribution in [1.29, 1.82) is 5.26 Å². The number of benzene rings is 2. The van der Waals surface area contributed by atoms with Crippen LogP contribution in [-0.4, -0.2) is 41.4 Å². The number of pyridine rings is 1. The highest BCUT2D eigenvalue weighted by molar-refractivity contribution is 5.91. The molecule has 3 heterocycles. The predicted octanol–water partition coefficient (Wildman–Crippen LogP) is 4.73. The molecule has 0 amide bonds. The second-order valence-corrected chi connectivity index (χ2v) is 7.62. The van der Waals surface area contributed by atoms with Gasteiger partial charge in [0.25, 0.3) is 0 Å². The fraction of sp³-hybridized carbons (Fsp3) is 0.240. The summed E-state index contributed by atoms with van der Waals surface area (Å²) in [6.45, 7) is 1.37. The van der Waals surface area contributed by atoms with E-state index < -0.39 is 0 Å². The monoisotopic (exact) mass is 426 g/mol. The first-order chi connectivity index (χ1) is 15.7. The van der Waals surface area contributed by atoms with Crippen molar-refractivity contribution in [2.45, 2.75) is 18.9 Å². The van der Waals surface area contributed by atoms with Crippen LogP contribution < -0.4 is 9.47 Å². The number of aromatic nitrogens is 3. The van der Waals surface area contributed by atoms with Gasteiger partial charge < -0.3 is 19.2 Å². The number of nitrogens with zero attached hydrogens (tertiary/aromatic N) is 3. The van der Waals surface area contributed by atoms with Gasteiger partial charge in [-0.3, -0.25) is 4.98 Å². The Bertz CT molecular complexity index is 1290. The first-order valence-electron chi connectivity index (χ1n) is 10.5. The molecule has 0 spiro atoms. The number of ether oxygens (including phenoxy) is 3. The van der Waals surface area contributed by atoms with Gasteiger partial charge in [0.1, 0.15) is 35.0 Å². The summed E-state index contributed by atoms with van der Waals surface area (Å²) in [6, 6.07) is 17.5. The minimum atomic E-state index is 0.0710. The Morgan fingerprint density at radius 2 is 1.84 bits per heavy atom. The number of methoxy groups -OCH3 is 1. The van der Waals surface area contributed by atoms with Crippen LogP contribution in [0.3, 0.4) is 0 Å². The summed E-state index contributed by atoms with van der Waals surface area (Å²) in [5.41, 5.74) is 4.60. The van der Waals surface area contributed by atoms with E-state index in [0.29, 0.717) is 30.2 Å². The lowest BCUT2D eigenvalue weighted by Gasteiger charge is -2.23. The highest BCUT2D eigenvalue weighted by Crippen LogP contribution is 2.32. The zero-order valence-electron chi connectivity index (χ0n) is 17.7. The van der Waals surface area contributed by atoms with E-state index in [1.165, 1.54) is 0 Å². The number of rotatable bonds is 5. The number of aromatic amines is 1. The fourth-order valence-electron chi connectivity index (χ4n) is 3.87. The molecule has 1 N–H and O–H groups in total. The van der Waals surface area contributed by atoms with Crippen LogP contribution >= 0.6 is 0 Å². The molecule has 7 nitrogen and oxygen atoms in total. The molecule has 2 aromatic heterocycles. The van der Waals surface area contributed by atoms with E-state index in [1.54, 1.807) is 13.3 Å². The smallest absolute Gasteiger partial charge is 0.138 e. The molecule has 7 heteroatoms. The Labute approximate surface area is 185 Å². The van der Waals surface area contributed by atoms with Crippen molar-refractivity contribution in [1.82, 2.24) is 15.0 Å². The number of H-pyrrole nitrogens is 1. The van der Waals surface area contributed by atoms with E-state index >= 15 is 0 Å². The Morgan fingerprint density at radius 1 is 1.06 bits per heavy atom. The molecule has 1 aliphatic rings. The molecule has 1 saturated heterocycles. The van der Waals surface area contributed by atoms with E-state index in [2.05, 4.69) is 16.0 Å². The lowest BCUT2D eigenvalue weighted by molar-refractivity contribution is 0.0254. The second-order valence-electron chi connectivity index (χ2n) is 7.62. The van der Waals surface area contributed by atoms with Crippen LogP contribution in [0.5, 0.6) is 11.5 Å². The molecule has 1 fully saturated rings. The number of hydrogen-bond donors (Lipinski definition) is 1. The molecule has 0 saturated carbocycles. The van der Waals surface area contributed by atoms with Crippen molar-refractivity contribution >= 4 is 11.0 Å². The molecule has 0 aliphatic carbocycles. The molecule has 4 aromatic rings. The summed E-state index contributed by atoms with van der Waals surface area (Å²) in [5.74, 6) is 2.13. The molecule has 0 unspecified atom stereocenters. The van der Waals surface area contributed by atoms with E-state index in [1.807, 2.05) is 48.5 Å². The van der Waals surface area contributed by atoms with Crippen molar-refractivity contribution in [3.8, 4) is 40.2 Å². The quantitative estimate of drug-likeness (QED) is 0.496. The summed E-state index contributed by atoms with van der Waals surface area (Å²) < 4.78 is 16.7. The lowest BCUT2D eigenvalue weighted by Crippen LogP contribution is -2.26. The molecule has 1 aliphatic heterocycles. The number of nitriles is 1. The number of imidazole rings is 1. The number of nitrogens with one attached hydrogen (secondary N) is 1. The van der Waals surface area contributed by atoms with Crippen molar-refractivity contribution in [2.75, 3.05) is 20.3 Å². The zero-order valence-corrected chi connectivity index (χ0v) is 17.7. The SMILES string of the molecule is COc1ccc(-c2nc3c(-c4ccc(OC5CCOCC5)c(C#N)c4)nccc3[nH]2)cc1. The predicted molar refractivity (Wildman–Crippen MR) is 120 cm³/mol. The molecule has 2 aromatic carbocycles. The largest absolute Gasteiger partial charge is 0.497 e. The standard InChI is InChI=1S/C25H22N4O3/c1-30-19-5-2-16(3-6-19)25-28-21-8-11-27-23(24(21)29-25)17-4-7-22(18(14-17)15-26)32-20-9-12-31-13-10-20/h2-8,11,14,20H,9-10,12-13H2,1H3,(H,28,29). The van der Waals surface area contributed by atoms with Crippen molar-refractivity contribution < 1.29 is 14.2 Å². The van der Waals surface area contributed by atoms with E-state index in [4.69, 9.17) is 19.2 Å². The van der Waals surface area contributed by atoms with Crippen molar-refractivity contribution in [3.05, 3.63) is 60.3 Å². The molecule has 0 radical (unpaired) electrons. The van der Waals surface area contributed by atoms with E-state index in [-0.39, 0.29) is 6.10 Å². The van der Waals surface area contributed by atoms with Gasteiger partial charge in [-0.15, -0.1) is 0 Å². The summed E-state index contributed by atoms with van der Waals surface area (Å²) in [5, 5.41) is 9.72. The topological polar surface area (TPSA) is 93.1 Å². The van der Waals surface area contributed by atoms with Crippen LogP contribution in [0.15, 0.2) is 54.7 Å². The van der Waals surface area contributed by atoms with Gasteiger partial charge in [0.05, 0.1) is 37.1 Å². The fourth-order valence-corrected chi connectivity index (χ4v) is 3.87. The third kappa shape index (κ3) is 3.88. The van der Waals surface area contributed by atoms with Gasteiger partial charge >= 0.3 is 0 Å². The molecular formula is C25H22N4O3. The highest BCUT2D eigenvalue weighted by Gasteiger charge is 2.18. The molecule has 160 valence electrons. The van der Waals surface area contributed by atoms with Crippen LogP contribution in [0.1, 0.15) is 18.4 Å². The maximum Gasteiger partial charge on any atom is 0.138 e. The third-order valence-electron chi connectivity index (χ3n) is 5.60. The first kappa shape index (κ1) is 20.0. The summed E-state index contributed by atoms with van der Waals surface area (Å²) >= 11 is 0. The number of fused-ring (bicyclic) bond motifs is 1. The van der Waals surface area contributed by atoms with Gasteiger partial charge in [-0.25, -0.2) is 4.98 Å². The van der Waals surface area contributed by atoms with Gasteiger partial charge in [-0.05, 0) is 48.5 Å². The molecular weight excluding hydrogens is 404 g/mol. The van der Waals surface area contributed by atoms with Crippen LogP contribution in [-0.2, 0) is 4.74 Å². The van der Waals surface area contributed by atoms with E-state index in [0.717, 1.165) is 46.6 Å². The van der Waals surface area contributed by atoms with Crippen molar-refractivity contribution in [3.63, 3.8) is 0 Å². The Kier molecular flexibility index (Phi) is 5.44. The van der Waals surface area contributed by atoms with Gasteiger partial charge in [0.2, 0.25) is 0 Å². The van der Waals surface area contributed by atoms with Gasteiger partial charge in [0, 0.05) is 30.2 Å². The molecule has 32 heavy (non-hydrogen) atoms.